The quantitative estimate of drug-likeness (QED) is 0.750. The first-order chi connectivity index (χ1) is 10.9. The van der Waals surface area contributed by atoms with Gasteiger partial charge in [0.1, 0.15) is 4.90 Å². The van der Waals surface area contributed by atoms with Gasteiger partial charge >= 0.3 is 0 Å². The highest BCUT2D eigenvalue weighted by Gasteiger charge is 2.21. The molecule has 0 bridgehead atoms. The molecule has 3 rings (SSSR count). The van der Waals surface area contributed by atoms with Crippen molar-refractivity contribution in [1.82, 2.24) is 19.5 Å². The molecule has 2 heterocycles. The van der Waals surface area contributed by atoms with E-state index >= 15 is 0 Å². The summed E-state index contributed by atoms with van der Waals surface area (Å²) in [4.78, 5) is 0.246. The van der Waals surface area contributed by atoms with Gasteiger partial charge in [-0.3, -0.25) is 5.10 Å². The van der Waals surface area contributed by atoms with Crippen molar-refractivity contribution in [2.24, 2.45) is 7.05 Å². The normalized spacial score (nSPS) is 12.1. The maximum Gasteiger partial charge on any atom is 0.244 e. The molecule has 0 amide bonds. The number of sulfonamides is 1. The van der Waals surface area contributed by atoms with E-state index in [4.69, 9.17) is 0 Å². The van der Waals surface area contributed by atoms with Crippen molar-refractivity contribution in [3.05, 3.63) is 47.4 Å². The number of aromatic nitrogens is 3. The summed E-state index contributed by atoms with van der Waals surface area (Å²) in [6.07, 6.45) is 2.68. The van der Waals surface area contributed by atoms with Gasteiger partial charge in [-0.15, -0.1) is 0 Å². The maximum atomic E-state index is 12.4. The second-order valence-corrected chi connectivity index (χ2v) is 7.40. The number of nitrogens with one attached hydrogen (secondary N) is 2. The lowest BCUT2D eigenvalue weighted by Crippen LogP contribution is -2.26. The van der Waals surface area contributed by atoms with Crippen LogP contribution < -0.4 is 4.72 Å². The third-order valence-electron chi connectivity index (χ3n) is 4.00. The van der Waals surface area contributed by atoms with Crippen molar-refractivity contribution in [3.8, 4) is 0 Å². The number of fused-ring (bicyclic) bond motifs is 1. The second kappa shape index (κ2) is 5.82. The highest BCUT2D eigenvalue weighted by molar-refractivity contribution is 7.89. The minimum absolute atomic E-state index is 0.246. The Bertz CT molecular complexity index is 934. The van der Waals surface area contributed by atoms with Crippen LogP contribution in [0, 0.1) is 13.8 Å². The van der Waals surface area contributed by atoms with Gasteiger partial charge in [0.15, 0.2) is 0 Å². The standard InChI is InChI=1S/C16H20N4O2S/c1-11-16(12(2)19-18-11)23(21,22)17-9-8-13-10-20(3)15-7-5-4-6-14(13)15/h4-7,10,17H,8-9H2,1-3H3,(H,18,19). The Kier molecular flexibility index (Phi) is 3.99. The first-order valence-electron chi connectivity index (χ1n) is 7.44. The lowest BCUT2D eigenvalue weighted by molar-refractivity contribution is 0.580. The first-order valence-corrected chi connectivity index (χ1v) is 8.92. The maximum absolute atomic E-state index is 12.4. The first kappa shape index (κ1) is 15.8. The summed E-state index contributed by atoms with van der Waals surface area (Å²) in [5.41, 5.74) is 3.32. The van der Waals surface area contributed by atoms with E-state index in [1.54, 1.807) is 13.8 Å². The third-order valence-corrected chi connectivity index (χ3v) is 5.72. The van der Waals surface area contributed by atoms with Gasteiger partial charge in [0.05, 0.1) is 11.4 Å². The lowest BCUT2D eigenvalue weighted by atomic mass is 10.1. The summed E-state index contributed by atoms with van der Waals surface area (Å²) < 4.78 is 29.6. The molecule has 0 fully saturated rings. The molecule has 7 heteroatoms. The van der Waals surface area contributed by atoms with Gasteiger partial charge < -0.3 is 4.57 Å². The number of hydrogen-bond acceptors (Lipinski definition) is 3. The zero-order valence-corrected chi connectivity index (χ0v) is 14.2. The van der Waals surface area contributed by atoms with Crippen LogP contribution >= 0.6 is 0 Å². The SMILES string of the molecule is Cc1n[nH]c(C)c1S(=O)(=O)NCCc1cn(C)c2ccccc12. The molecule has 0 spiro atoms. The summed E-state index contributed by atoms with van der Waals surface area (Å²) in [6.45, 7) is 3.74. The Hall–Kier alpha value is -2.12. The average Bonchev–Trinajstić information content (AvgIpc) is 3.00. The minimum atomic E-state index is -3.55. The number of aromatic amines is 1. The molecule has 0 aliphatic rings. The summed E-state index contributed by atoms with van der Waals surface area (Å²) in [5.74, 6) is 0. The summed E-state index contributed by atoms with van der Waals surface area (Å²) in [5, 5.41) is 7.81. The van der Waals surface area contributed by atoms with Crippen LogP contribution in [-0.2, 0) is 23.5 Å². The van der Waals surface area contributed by atoms with Crippen LogP contribution in [0.2, 0.25) is 0 Å². The molecule has 0 aliphatic heterocycles. The van der Waals surface area contributed by atoms with Crippen molar-refractivity contribution in [2.45, 2.75) is 25.2 Å². The Balaban J connectivity index is 1.76. The van der Waals surface area contributed by atoms with Crippen LogP contribution in [0.4, 0.5) is 0 Å². The Morgan fingerprint density at radius 1 is 1.26 bits per heavy atom. The fourth-order valence-corrected chi connectivity index (χ4v) is 4.35. The van der Waals surface area contributed by atoms with Crippen LogP contribution in [0.5, 0.6) is 0 Å². The van der Waals surface area contributed by atoms with E-state index in [0.717, 1.165) is 16.5 Å². The molecule has 0 unspecified atom stereocenters. The fourth-order valence-electron chi connectivity index (χ4n) is 2.95. The number of hydrogen-bond donors (Lipinski definition) is 2. The lowest BCUT2D eigenvalue weighted by Gasteiger charge is -2.06. The van der Waals surface area contributed by atoms with Crippen LogP contribution in [0.3, 0.4) is 0 Å². The molecule has 23 heavy (non-hydrogen) atoms. The number of rotatable bonds is 5. The van der Waals surface area contributed by atoms with Gasteiger partial charge in [-0.05, 0) is 31.9 Å². The van der Waals surface area contributed by atoms with E-state index in [-0.39, 0.29) is 4.90 Å². The predicted octanol–water partition coefficient (Wildman–Crippen LogP) is 2.04. The van der Waals surface area contributed by atoms with Crippen molar-refractivity contribution < 1.29 is 8.42 Å². The zero-order chi connectivity index (χ0) is 16.6. The number of nitrogens with zero attached hydrogens (tertiary/aromatic N) is 2. The molecule has 0 radical (unpaired) electrons. The van der Waals surface area contributed by atoms with Gasteiger partial charge in [0.2, 0.25) is 10.0 Å². The van der Waals surface area contributed by atoms with E-state index in [0.29, 0.717) is 24.4 Å². The highest BCUT2D eigenvalue weighted by atomic mass is 32.2. The summed E-state index contributed by atoms with van der Waals surface area (Å²) >= 11 is 0. The van der Waals surface area contributed by atoms with E-state index in [9.17, 15) is 8.42 Å². The molecular formula is C16H20N4O2S. The largest absolute Gasteiger partial charge is 0.350 e. The van der Waals surface area contributed by atoms with Gasteiger partial charge in [0, 0.05) is 30.7 Å². The molecule has 2 aromatic heterocycles. The summed E-state index contributed by atoms with van der Waals surface area (Å²) in [6, 6.07) is 8.11. The number of para-hydroxylation sites is 1. The topological polar surface area (TPSA) is 79.8 Å². The third kappa shape index (κ3) is 2.89. The number of aryl methyl sites for hydroxylation is 3. The fraction of sp³-hybridized carbons (Fsp3) is 0.312. The zero-order valence-electron chi connectivity index (χ0n) is 13.4. The number of benzene rings is 1. The predicted molar refractivity (Wildman–Crippen MR) is 89.9 cm³/mol. The van der Waals surface area contributed by atoms with Crippen molar-refractivity contribution in [1.29, 1.82) is 0 Å². The van der Waals surface area contributed by atoms with Crippen molar-refractivity contribution in [3.63, 3.8) is 0 Å². The molecule has 122 valence electrons. The Labute approximate surface area is 135 Å². The van der Waals surface area contributed by atoms with Gasteiger partial charge in [-0.25, -0.2) is 13.1 Å². The van der Waals surface area contributed by atoms with Crippen LogP contribution in [0.25, 0.3) is 10.9 Å². The molecule has 6 nitrogen and oxygen atoms in total. The van der Waals surface area contributed by atoms with Crippen LogP contribution in [0.1, 0.15) is 17.0 Å². The molecular weight excluding hydrogens is 312 g/mol. The molecule has 2 N–H and O–H groups in total. The molecule has 0 aliphatic carbocycles. The van der Waals surface area contributed by atoms with Gasteiger partial charge in [-0.2, -0.15) is 5.10 Å². The van der Waals surface area contributed by atoms with Crippen LogP contribution in [0.15, 0.2) is 35.4 Å². The number of H-pyrrole nitrogens is 1. The smallest absolute Gasteiger partial charge is 0.244 e. The van der Waals surface area contributed by atoms with Crippen molar-refractivity contribution >= 4 is 20.9 Å². The van der Waals surface area contributed by atoms with E-state index < -0.39 is 10.0 Å². The molecule has 3 aromatic rings. The second-order valence-electron chi connectivity index (χ2n) is 5.69. The minimum Gasteiger partial charge on any atom is -0.350 e. The van der Waals surface area contributed by atoms with Crippen LogP contribution in [-0.4, -0.2) is 29.7 Å². The average molecular weight is 332 g/mol. The molecule has 0 atom stereocenters. The molecule has 0 saturated heterocycles. The highest BCUT2D eigenvalue weighted by Crippen LogP contribution is 2.21. The Morgan fingerprint density at radius 2 is 2.00 bits per heavy atom. The summed E-state index contributed by atoms with van der Waals surface area (Å²) in [7, 11) is -1.55. The van der Waals surface area contributed by atoms with Gasteiger partial charge in [-0.1, -0.05) is 18.2 Å². The molecule has 1 aromatic carbocycles. The van der Waals surface area contributed by atoms with Crippen molar-refractivity contribution in [2.75, 3.05) is 6.54 Å². The monoisotopic (exact) mass is 332 g/mol. The van der Waals surface area contributed by atoms with E-state index in [1.807, 2.05) is 25.4 Å². The Morgan fingerprint density at radius 3 is 2.70 bits per heavy atom. The van der Waals surface area contributed by atoms with E-state index in [2.05, 4.69) is 31.6 Å². The molecule has 0 saturated carbocycles. The van der Waals surface area contributed by atoms with E-state index in [1.165, 1.54) is 0 Å². The van der Waals surface area contributed by atoms with Gasteiger partial charge in [0.25, 0.3) is 0 Å².